The van der Waals surface area contributed by atoms with Gasteiger partial charge in [-0.3, -0.25) is 4.98 Å². The molecule has 1 aromatic heterocycles. The van der Waals surface area contributed by atoms with Gasteiger partial charge in [-0.15, -0.1) is 0 Å². The van der Waals surface area contributed by atoms with E-state index in [2.05, 4.69) is 10.3 Å². The average Bonchev–Trinajstić information content (AvgIpc) is 2.33. The highest BCUT2D eigenvalue weighted by Gasteiger charge is 2.11. The van der Waals surface area contributed by atoms with E-state index in [1.54, 1.807) is 18.5 Å². The second-order valence-corrected chi connectivity index (χ2v) is 3.85. The number of phenols is 2. The zero-order valence-electron chi connectivity index (χ0n) is 9.46. The van der Waals surface area contributed by atoms with Crippen LogP contribution in [0.25, 0.3) is 0 Å². The van der Waals surface area contributed by atoms with E-state index in [4.69, 9.17) is 0 Å². The lowest BCUT2D eigenvalue weighted by Crippen LogP contribution is -2.06. The molecule has 0 amide bonds. The Morgan fingerprint density at radius 1 is 1.24 bits per heavy atom. The molecule has 0 radical (unpaired) electrons. The molecule has 88 valence electrons. The van der Waals surface area contributed by atoms with Gasteiger partial charge in [0.05, 0.1) is 11.7 Å². The third kappa shape index (κ3) is 2.66. The van der Waals surface area contributed by atoms with Crippen LogP contribution in [0.1, 0.15) is 18.5 Å². The molecular weight excluding hydrogens is 216 g/mol. The zero-order chi connectivity index (χ0) is 12.3. The minimum atomic E-state index is -0.119. The van der Waals surface area contributed by atoms with Crippen LogP contribution in [0.3, 0.4) is 0 Å². The third-order valence-electron chi connectivity index (χ3n) is 2.52. The number of aromatic nitrogens is 1. The number of hydrogen-bond donors (Lipinski definition) is 3. The molecule has 0 saturated heterocycles. The highest BCUT2D eigenvalue weighted by atomic mass is 16.3. The van der Waals surface area contributed by atoms with Crippen molar-refractivity contribution >= 4 is 5.69 Å². The summed E-state index contributed by atoms with van der Waals surface area (Å²) < 4.78 is 0. The van der Waals surface area contributed by atoms with Gasteiger partial charge in [-0.1, -0.05) is 0 Å². The van der Waals surface area contributed by atoms with Gasteiger partial charge in [0.2, 0.25) is 0 Å². The molecule has 0 saturated carbocycles. The van der Waals surface area contributed by atoms with Gasteiger partial charge in [0.15, 0.2) is 0 Å². The first kappa shape index (κ1) is 11.3. The van der Waals surface area contributed by atoms with Crippen molar-refractivity contribution in [1.82, 2.24) is 4.98 Å². The van der Waals surface area contributed by atoms with Crippen molar-refractivity contribution in [1.29, 1.82) is 0 Å². The molecule has 17 heavy (non-hydrogen) atoms. The minimum Gasteiger partial charge on any atom is -0.508 e. The van der Waals surface area contributed by atoms with Crippen LogP contribution in [-0.2, 0) is 0 Å². The average molecular weight is 230 g/mol. The summed E-state index contributed by atoms with van der Waals surface area (Å²) in [4.78, 5) is 4.00. The second-order valence-electron chi connectivity index (χ2n) is 3.85. The molecule has 3 N–H and O–H groups in total. The molecule has 2 rings (SSSR count). The largest absolute Gasteiger partial charge is 0.508 e. The van der Waals surface area contributed by atoms with Gasteiger partial charge in [0.1, 0.15) is 11.5 Å². The van der Waals surface area contributed by atoms with E-state index >= 15 is 0 Å². The number of benzene rings is 1. The number of hydrogen-bond acceptors (Lipinski definition) is 4. The summed E-state index contributed by atoms with van der Waals surface area (Å²) in [5, 5.41) is 22.3. The Balaban J connectivity index is 2.20. The van der Waals surface area contributed by atoms with Crippen LogP contribution in [0.2, 0.25) is 0 Å². The number of anilines is 1. The molecule has 1 aromatic carbocycles. The SMILES string of the molecule is CC(Nc1cccnc1)c1cc(O)ccc1O. The number of nitrogens with one attached hydrogen (secondary N) is 1. The molecule has 0 spiro atoms. The maximum absolute atomic E-state index is 9.72. The second kappa shape index (κ2) is 4.74. The summed E-state index contributed by atoms with van der Waals surface area (Å²) in [5.41, 5.74) is 1.51. The Morgan fingerprint density at radius 3 is 2.76 bits per heavy atom. The van der Waals surface area contributed by atoms with E-state index in [9.17, 15) is 10.2 Å². The number of nitrogens with zero attached hydrogens (tertiary/aromatic N) is 1. The molecule has 0 aliphatic carbocycles. The van der Waals surface area contributed by atoms with Crippen molar-refractivity contribution in [2.24, 2.45) is 0 Å². The predicted molar refractivity (Wildman–Crippen MR) is 66.0 cm³/mol. The predicted octanol–water partition coefficient (Wildman–Crippen LogP) is 2.67. The van der Waals surface area contributed by atoms with Gasteiger partial charge in [-0.05, 0) is 37.3 Å². The normalized spacial score (nSPS) is 12.1. The molecular formula is C13H14N2O2. The highest BCUT2D eigenvalue weighted by molar-refractivity contribution is 5.47. The summed E-state index contributed by atoms with van der Waals surface area (Å²) >= 11 is 0. The van der Waals surface area contributed by atoms with E-state index in [0.29, 0.717) is 5.56 Å². The van der Waals surface area contributed by atoms with Crippen LogP contribution in [0.5, 0.6) is 11.5 Å². The fourth-order valence-electron chi connectivity index (χ4n) is 1.66. The van der Waals surface area contributed by atoms with E-state index in [1.165, 1.54) is 12.1 Å². The molecule has 1 unspecified atom stereocenters. The lowest BCUT2D eigenvalue weighted by atomic mass is 10.1. The van der Waals surface area contributed by atoms with E-state index in [0.717, 1.165) is 5.69 Å². The highest BCUT2D eigenvalue weighted by Crippen LogP contribution is 2.29. The molecule has 0 aliphatic heterocycles. The Morgan fingerprint density at radius 2 is 2.06 bits per heavy atom. The van der Waals surface area contributed by atoms with Crippen LogP contribution >= 0.6 is 0 Å². The van der Waals surface area contributed by atoms with Crippen LogP contribution in [-0.4, -0.2) is 15.2 Å². The van der Waals surface area contributed by atoms with Crippen LogP contribution < -0.4 is 5.32 Å². The third-order valence-corrected chi connectivity index (χ3v) is 2.52. The van der Waals surface area contributed by atoms with Crippen molar-refractivity contribution in [2.75, 3.05) is 5.32 Å². The van der Waals surface area contributed by atoms with Gasteiger partial charge in [0, 0.05) is 18.0 Å². The van der Waals surface area contributed by atoms with Crippen LogP contribution in [0.15, 0.2) is 42.7 Å². The minimum absolute atomic E-state index is 0.119. The van der Waals surface area contributed by atoms with Gasteiger partial charge in [0.25, 0.3) is 0 Å². The van der Waals surface area contributed by atoms with Gasteiger partial charge in [-0.2, -0.15) is 0 Å². The molecule has 4 nitrogen and oxygen atoms in total. The van der Waals surface area contributed by atoms with E-state index < -0.39 is 0 Å². The standard InChI is InChI=1S/C13H14N2O2/c1-9(15-10-3-2-6-14-8-10)12-7-11(16)4-5-13(12)17/h2-9,15-17H,1H3. The van der Waals surface area contributed by atoms with Gasteiger partial charge < -0.3 is 15.5 Å². The van der Waals surface area contributed by atoms with Crippen molar-refractivity contribution < 1.29 is 10.2 Å². The fraction of sp³-hybridized carbons (Fsp3) is 0.154. The Bertz CT molecular complexity index is 500. The van der Waals surface area contributed by atoms with Crippen molar-refractivity contribution in [3.8, 4) is 11.5 Å². The van der Waals surface area contributed by atoms with E-state index in [-0.39, 0.29) is 17.5 Å². The Hall–Kier alpha value is -2.23. The van der Waals surface area contributed by atoms with Gasteiger partial charge >= 0.3 is 0 Å². The van der Waals surface area contributed by atoms with E-state index in [1.807, 2.05) is 19.1 Å². The maximum atomic E-state index is 9.72. The molecule has 2 aromatic rings. The number of aromatic hydroxyl groups is 2. The molecule has 0 fully saturated rings. The monoisotopic (exact) mass is 230 g/mol. The molecule has 1 heterocycles. The van der Waals surface area contributed by atoms with Crippen molar-refractivity contribution in [3.63, 3.8) is 0 Å². The van der Waals surface area contributed by atoms with Crippen LogP contribution in [0.4, 0.5) is 5.69 Å². The first-order chi connectivity index (χ1) is 8.16. The smallest absolute Gasteiger partial charge is 0.121 e. The quantitative estimate of drug-likeness (QED) is 0.709. The topological polar surface area (TPSA) is 65.4 Å². The Labute approximate surface area is 99.6 Å². The molecule has 0 bridgehead atoms. The van der Waals surface area contributed by atoms with Gasteiger partial charge in [-0.25, -0.2) is 0 Å². The number of phenolic OH excluding ortho intramolecular Hbond substituents is 2. The van der Waals surface area contributed by atoms with Crippen molar-refractivity contribution in [3.05, 3.63) is 48.3 Å². The summed E-state index contributed by atoms with van der Waals surface area (Å²) in [5.74, 6) is 0.296. The lowest BCUT2D eigenvalue weighted by Gasteiger charge is -2.16. The molecule has 1 atom stereocenters. The first-order valence-corrected chi connectivity index (χ1v) is 5.35. The van der Waals surface area contributed by atoms with Crippen molar-refractivity contribution in [2.45, 2.75) is 13.0 Å². The summed E-state index contributed by atoms with van der Waals surface area (Å²) in [6, 6.07) is 8.08. The molecule has 0 aliphatic rings. The lowest BCUT2D eigenvalue weighted by molar-refractivity contribution is 0.451. The summed E-state index contributed by atoms with van der Waals surface area (Å²) in [6.45, 7) is 1.90. The summed E-state index contributed by atoms with van der Waals surface area (Å²) in [7, 11) is 0. The zero-order valence-corrected chi connectivity index (χ0v) is 9.46. The number of pyridine rings is 1. The Kier molecular flexibility index (Phi) is 3.14. The first-order valence-electron chi connectivity index (χ1n) is 5.35. The number of rotatable bonds is 3. The fourth-order valence-corrected chi connectivity index (χ4v) is 1.66. The molecule has 4 heteroatoms. The summed E-state index contributed by atoms with van der Waals surface area (Å²) in [6.07, 6.45) is 3.40. The van der Waals surface area contributed by atoms with Crippen LogP contribution in [0, 0.1) is 0 Å². The maximum Gasteiger partial charge on any atom is 0.121 e.